The van der Waals surface area contributed by atoms with Gasteiger partial charge in [0.1, 0.15) is 0 Å². The summed E-state index contributed by atoms with van der Waals surface area (Å²) < 4.78 is 7.77. The van der Waals surface area contributed by atoms with Crippen molar-refractivity contribution in [1.82, 2.24) is 15.2 Å². The topological polar surface area (TPSA) is 65.1 Å². The Bertz CT molecular complexity index is 412. The third kappa shape index (κ3) is 2.28. The maximum absolute atomic E-state index is 6.27. The van der Waals surface area contributed by atoms with E-state index < -0.39 is 0 Å². The minimum atomic E-state index is -0.328. The molecule has 0 saturated carbocycles. The maximum Gasteiger partial charge on any atom is 0.0930 e. The summed E-state index contributed by atoms with van der Waals surface area (Å²) in [6.07, 6.45) is 3.67. The van der Waals surface area contributed by atoms with Crippen LogP contribution in [-0.4, -0.2) is 22.0 Å². The smallest absolute Gasteiger partial charge is 0.0930 e. The predicted octanol–water partition coefficient (Wildman–Crippen LogP) is 2.19. The minimum Gasteiger partial charge on any atom is -0.373 e. The highest BCUT2D eigenvalue weighted by Gasteiger charge is 2.41. The molecule has 0 radical (unpaired) electrons. The van der Waals surface area contributed by atoms with Crippen LogP contribution in [0.3, 0.4) is 0 Å². The van der Waals surface area contributed by atoms with Gasteiger partial charge < -0.3 is 4.74 Å². The summed E-state index contributed by atoms with van der Waals surface area (Å²) in [5, 5.41) is 4.95. The lowest BCUT2D eigenvalue weighted by Gasteiger charge is -2.33. The standard InChI is InChI=1S/C12H21ClN4O/c1-8(2)17-10(9(13)7-15-17)11(16-14)12(3)5-4-6-18-12/h7-8,11,16H,4-6,14H2,1-3H3. The lowest BCUT2D eigenvalue weighted by molar-refractivity contribution is -0.0151. The van der Waals surface area contributed by atoms with Crippen LogP contribution < -0.4 is 11.3 Å². The summed E-state index contributed by atoms with van der Waals surface area (Å²) in [7, 11) is 0. The normalized spacial score (nSPS) is 25.9. The molecule has 5 nitrogen and oxygen atoms in total. The molecule has 0 bridgehead atoms. The molecule has 1 aliphatic rings. The first-order valence-electron chi connectivity index (χ1n) is 6.32. The molecular weight excluding hydrogens is 252 g/mol. The van der Waals surface area contributed by atoms with E-state index >= 15 is 0 Å². The van der Waals surface area contributed by atoms with Crippen LogP contribution in [0.25, 0.3) is 0 Å². The number of hydrogen-bond donors (Lipinski definition) is 2. The van der Waals surface area contributed by atoms with Gasteiger partial charge in [-0.05, 0) is 33.6 Å². The van der Waals surface area contributed by atoms with E-state index in [4.69, 9.17) is 22.2 Å². The highest BCUT2D eigenvalue weighted by molar-refractivity contribution is 6.31. The summed E-state index contributed by atoms with van der Waals surface area (Å²) in [6.45, 7) is 6.97. The number of nitrogens with two attached hydrogens (primary N) is 1. The van der Waals surface area contributed by atoms with Gasteiger partial charge >= 0.3 is 0 Å². The van der Waals surface area contributed by atoms with Gasteiger partial charge in [-0.1, -0.05) is 11.6 Å². The average Bonchev–Trinajstić information content (AvgIpc) is 2.89. The Hall–Kier alpha value is -0.620. The van der Waals surface area contributed by atoms with Gasteiger partial charge in [0.15, 0.2) is 0 Å². The predicted molar refractivity (Wildman–Crippen MR) is 71.3 cm³/mol. The number of hydrazine groups is 1. The van der Waals surface area contributed by atoms with Crippen molar-refractivity contribution in [2.45, 2.75) is 51.3 Å². The lowest BCUT2D eigenvalue weighted by Crippen LogP contribution is -2.45. The highest BCUT2D eigenvalue weighted by atomic mass is 35.5. The van der Waals surface area contributed by atoms with Crippen molar-refractivity contribution >= 4 is 11.6 Å². The second-order valence-corrected chi connectivity index (χ2v) is 5.69. The maximum atomic E-state index is 6.27. The Kier molecular flexibility index (Phi) is 3.96. The van der Waals surface area contributed by atoms with E-state index in [1.807, 2.05) is 4.68 Å². The molecular formula is C12H21ClN4O. The molecule has 0 aliphatic carbocycles. The fourth-order valence-electron chi connectivity index (χ4n) is 2.61. The van der Waals surface area contributed by atoms with E-state index in [1.165, 1.54) is 0 Å². The fraction of sp³-hybridized carbons (Fsp3) is 0.750. The molecule has 1 aromatic heterocycles. The van der Waals surface area contributed by atoms with E-state index in [-0.39, 0.29) is 17.7 Å². The molecule has 2 heterocycles. The van der Waals surface area contributed by atoms with Crippen molar-refractivity contribution < 1.29 is 4.74 Å². The van der Waals surface area contributed by atoms with Gasteiger partial charge in [0.05, 0.1) is 28.6 Å². The molecule has 3 N–H and O–H groups in total. The molecule has 0 aromatic carbocycles. The van der Waals surface area contributed by atoms with E-state index in [1.54, 1.807) is 6.20 Å². The van der Waals surface area contributed by atoms with E-state index in [0.29, 0.717) is 5.02 Å². The number of hydrogen-bond acceptors (Lipinski definition) is 4. The summed E-state index contributed by atoms with van der Waals surface area (Å²) in [5.41, 5.74) is 3.43. The van der Waals surface area contributed by atoms with Crippen molar-refractivity contribution in [3.63, 3.8) is 0 Å². The van der Waals surface area contributed by atoms with Crippen molar-refractivity contribution in [3.05, 3.63) is 16.9 Å². The second kappa shape index (κ2) is 5.17. The van der Waals surface area contributed by atoms with Gasteiger partial charge in [-0.25, -0.2) is 5.43 Å². The first-order valence-corrected chi connectivity index (χ1v) is 6.70. The minimum absolute atomic E-state index is 0.155. The molecule has 1 aromatic rings. The Morgan fingerprint density at radius 1 is 1.61 bits per heavy atom. The molecule has 2 atom stereocenters. The molecule has 2 unspecified atom stereocenters. The van der Waals surface area contributed by atoms with Crippen LogP contribution in [0, 0.1) is 0 Å². The first kappa shape index (κ1) is 13.8. The molecule has 2 rings (SSSR count). The SMILES string of the molecule is CC(C)n1ncc(Cl)c1C(NN)C1(C)CCCO1. The monoisotopic (exact) mass is 272 g/mol. The van der Waals surface area contributed by atoms with Crippen LogP contribution in [0.5, 0.6) is 0 Å². The van der Waals surface area contributed by atoms with Crippen LogP contribution in [0.1, 0.15) is 51.4 Å². The Morgan fingerprint density at radius 2 is 2.33 bits per heavy atom. The lowest BCUT2D eigenvalue weighted by atomic mass is 9.91. The zero-order valence-electron chi connectivity index (χ0n) is 11.1. The van der Waals surface area contributed by atoms with Gasteiger partial charge in [0.25, 0.3) is 0 Å². The van der Waals surface area contributed by atoms with Gasteiger partial charge in [0.2, 0.25) is 0 Å². The van der Waals surface area contributed by atoms with Gasteiger partial charge in [-0.3, -0.25) is 10.5 Å². The van der Waals surface area contributed by atoms with E-state index in [2.05, 4.69) is 31.3 Å². The van der Waals surface area contributed by atoms with Gasteiger partial charge in [-0.15, -0.1) is 0 Å². The molecule has 1 fully saturated rings. The van der Waals surface area contributed by atoms with Crippen molar-refractivity contribution in [2.24, 2.45) is 5.84 Å². The van der Waals surface area contributed by atoms with Crippen LogP contribution in [0.15, 0.2) is 6.20 Å². The Morgan fingerprint density at radius 3 is 2.83 bits per heavy atom. The largest absolute Gasteiger partial charge is 0.373 e. The molecule has 0 spiro atoms. The third-order valence-electron chi connectivity index (χ3n) is 3.58. The summed E-state index contributed by atoms with van der Waals surface area (Å²) in [5.74, 6) is 5.74. The van der Waals surface area contributed by atoms with Crippen LogP contribution in [0.4, 0.5) is 0 Å². The Balaban J connectivity index is 2.41. The summed E-state index contributed by atoms with van der Waals surface area (Å²) >= 11 is 6.27. The Labute approximate surface area is 113 Å². The molecule has 1 aliphatic heterocycles. The second-order valence-electron chi connectivity index (χ2n) is 5.28. The third-order valence-corrected chi connectivity index (χ3v) is 3.87. The van der Waals surface area contributed by atoms with Crippen LogP contribution in [0.2, 0.25) is 5.02 Å². The molecule has 102 valence electrons. The number of nitrogens with one attached hydrogen (secondary N) is 1. The number of ether oxygens (including phenoxy) is 1. The molecule has 1 saturated heterocycles. The number of aromatic nitrogens is 2. The molecule has 6 heteroatoms. The highest BCUT2D eigenvalue weighted by Crippen LogP contribution is 2.39. The quantitative estimate of drug-likeness (QED) is 0.651. The number of halogens is 1. The van der Waals surface area contributed by atoms with Crippen LogP contribution in [-0.2, 0) is 4.74 Å². The van der Waals surface area contributed by atoms with E-state index in [9.17, 15) is 0 Å². The molecule has 18 heavy (non-hydrogen) atoms. The van der Waals surface area contributed by atoms with E-state index in [0.717, 1.165) is 25.1 Å². The zero-order valence-corrected chi connectivity index (χ0v) is 11.9. The van der Waals surface area contributed by atoms with Crippen molar-refractivity contribution in [1.29, 1.82) is 0 Å². The van der Waals surface area contributed by atoms with Crippen molar-refractivity contribution in [2.75, 3.05) is 6.61 Å². The fourth-order valence-corrected chi connectivity index (χ4v) is 2.84. The average molecular weight is 273 g/mol. The number of rotatable bonds is 4. The van der Waals surface area contributed by atoms with Crippen molar-refractivity contribution in [3.8, 4) is 0 Å². The van der Waals surface area contributed by atoms with Gasteiger partial charge in [-0.2, -0.15) is 5.10 Å². The van der Waals surface area contributed by atoms with Crippen LogP contribution >= 0.6 is 11.6 Å². The first-order chi connectivity index (χ1) is 8.49. The summed E-state index contributed by atoms with van der Waals surface area (Å²) in [4.78, 5) is 0. The number of nitrogens with zero attached hydrogens (tertiary/aromatic N) is 2. The zero-order chi connectivity index (χ0) is 13.3. The molecule has 0 amide bonds. The van der Waals surface area contributed by atoms with Gasteiger partial charge in [0, 0.05) is 12.6 Å². The summed E-state index contributed by atoms with van der Waals surface area (Å²) in [6, 6.07) is 0.0748.